The number of rotatable bonds is 8. The van der Waals surface area contributed by atoms with Crippen molar-refractivity contribution in [2.24, 2.45) is 0 Å². The Hall–Kier alpha value is -3.93. The standard InChI is InChI=1S/C28H32N6O5/c1-37-22-17-18(7-8-21(22)39-16-11-33-9-2-3-10-33)25-24-26(31-30-25)19-5-4-6-20(23(19)27(24)35)29-28(36)32-34-12-14-38-15-13-34/h4-8,17H,2-3,9-16H2,1H3,(H,30,31)(H2,29,32,36). The zero-order valence-corrected chi connectivity index (χ0v) is 21.9. The molecule has 2 amide bonds. The molecule has 11 nitrogen and oxygen atoms in total. The number of nitrogens with zero attached hydrogens (tertiary/aromatic N) is 3. The fraction of sp³-hybridized carbons (Fsp3) is 0.393. The molecule has 0 spiro atoms. The highest BCUT2D eigenvalue weighted by molar-refractivity contribution is 6.26. The number of hydrogen-bond acceptors (Lipinski definition) is 8. The number of hydrazine groups is 1. The van der Waals surface area contributed by atoms with E-state index in [1.54, 1.807) is 24.3 Å². The van der Waals surface area contributed by atoms with Crippen molar-refractivity contribution < 1.29 is 23.8 Å². The van der Waals surface area contributed by atoms with Crippen LogP contribution >= 0.6 is 0 Å². The third-order valence-corrected chi connectivity index (χ3v) is 7.38. The molecular formula is C28H32N6O5. The molecule has 0 saturated carbocycles. The van der Waals surface area contributed by atoms with Crippen molar-refractivity contribution in [3.05, 3.63) is 47.5 Å². The van der Waals surface area contributed by atoms with Gasteiger partial charge in [0.05, 0.1) is 42.8 Å². The van der Waals surface area contributed by atoms with E-state index in [2.05, 4.69) is 25.8 Å². The van der Waals surface area contributed by atoms with Gasteiger partial charge in [-0.3, -0.25) is 20.2 Å². The molecule has 0 atom stereocenters. The van der Waals surface area contributed by atoms with Crippen molar-refractivity contribution in [2.45, 2.75) is 12.8 Å². The van der Waals surface area contributed by atoms with Crippen molar-refractivity contribution in [1.82, 2.24) is 25.5 Å². The Morgan fingerprint density at radius 3 is 2.69 bits per heavy atom. The first-order chi connectivity index (χ1) is 19.1. The van der Waals surface area contributed by atoms with E-state index in [0.717, 1.165) is 25.2 Å². The van der Waals surface area contributed by atoms with E-state index in [9.17, 15) is 9.59 Å². The second kappa shape index (κ2) is 11.0. The minimum Gasteiger partial charge on any atom is -0.493 e. The topological polar surface area (TPSA) is 121 Å². The summed E-state index contributed by atoms with van der Waals surface area (Å²) in [4.78, 5) is 28.8. The molecule has 3 aromatic rings. The number of benzene rings is 2. The maximum atomic E-state index is 13.7. The van der Waals surface area contributed by atoms with Gasteiger partial charge in [-0.1, -0.05) is 12.1 Å². The van der Waals surface area contributed by atoms with Crippen LogP contribution in [0.25, 0.3) is 22.5 Å². The fourth-order valence-corrected chi connectivity index (χ4v) is 5.39. The van der Waals surface area contributed by atoms with Crippen LogP contribution in [0.1, 0.15) is 28.8 Å². The van der Waals surface area contributed by atoms with Crippen LogP contribution in [0.15, 0.2) is 36.4 Å². The number of ketones is 1. The molecule has 3 N–H and O–H groups in total. The predicted octanol–water partition coefficient (Wildman–Crippen LogP) is 3.14. The molecule has 3 aliphatic rings. The number of fused-ring (bicyclic) bond motifs is 3. The van der Waals surface area contributed by atoms with Crippen LogP contribution in [0.3, 0.4) is 0 Å². The number of amides is 2. The van der Waals surface area contributed by atoms with E-state index >= 15 is 0 Å². The lowest BCUT2D eigenvalue weighted by Crippen LogP contribution is -2.49. The first-order valence-corrected chi connectivity index (χ1v) is 13.3. The van der Waals surface area contributed by atoms with Crippen molar-refractivity contribution in [3.63, 3.8) is 0 Å². The van der Waals surface area contributed by atoms with Crippen LogP contribution in [0.2, 0.25) is 0 Å². The largest absolute Gasteiger partial charge is 0.493 e. The Balaban J connectivity index is 1.20. The number of H-pyrrole nitrogens is 1. The van der Waals surface area contributed by atoms with Crippen molar-refractivity contribution in [2.75, 3.05) is 65.0 Å². The summed E-state index contributed by atoms with van der Waals surface area (Å²) < 4.78 is 17.0. The number of carbonyl (C=O) groups is 2. The van der Waals surface area contributed by atoms with Crippen molar-refractivity contribution >= 4 is 17.5 Å². The minimum absolute atomic E-state index is 0.198. The second-order valence-electron chi connectivity index (χ2n) is 9.81. The van der Waals surface area contributed by atoms with Gasteiger partial charge in [-0.05, 0) is 50.2 Å². The number of ether oxygens (including phenoxy) is 3. The van der Waals surface area contributed by atoms with E-state index in [4.69, 9.17) is 14.2 Å². The van der Waals surface area contributed by atoms with Crippen LogP contribution < -0.4 is 20.2 Å². The monoisotopic (exact) mass is 532 g/mol. The van der Waals surface area contributed by atoms with Gasteiger partial charge < -0.3 is 19.5 Å². The van der Waals surface area contributed by atoms with Crippen LogP contribution in [0.4, 0.5) is 10.5 Å². The number of likely N-dealkylation sites (tertiary alicyclic amines) is 1. The number of aromatic nitrogens is 2. The number of hydrogen-bond donors (Lipinski definition) is 3. The maximum absolute atomic E-state index is 13.7. The van der Waals surface area contributed by atoms with E-state index < -0.39 is 6.03 Å². The molecule has 6 rings (SSSR count). The average Bonchev–Trinajstić information content (AvgIpc) is 3.69. The Morgan fingerprint density at radius 1 is 1.08 bits per heavy atom. The number of urea groups is 1. The van der Waals surface area contributed by atoms with Gasteiger partial charge in [-0.2, -0.15) is 5.10 Å². The molecule has 0 unspecified atom stereocenters. The number of carbonyl (C=O) groups excluding carboxylic acids is 2. The molecular weight excluding hydrogens is 500 g/mol. The van der Waals surface area contributed by atoms with Gasteiger partial charge in [0.25, 0.3) is 0 Å². The quantitative estimate of drug-likeness (QED) is 0.317. The molecule has 2 aromatic carbocycles. The molecule has 0 radical (unpaired) electrons. The first kappa shape index (κ1) is 25.4. The minimum atomic E-state index is -0.408. The average molecular weight is 533 g/mol. The normalized spacial score (nSPS) is 17.1. The molecule has 39 heavy (non-hydrogen) atoms. The van der Waals surface area contributed by atoms with E-state index in [1.807, 2.05) is 24.3 Å². The number of nitrogens with one attached hydrogen (secondary N) is 3. The molecule has 2 saturated heterocycles. The van der Waals surface area contributed by atoms with Crippen LogP contribution in [-0.4, -0.2) is 91.6 Å². The Kier molecular flexibility index (Phi) is 7.18. The highest BCUT2D eigenvalue weighted by Crippen LogP contribution is 2.44. The summed E-state index contributed by atoms with van der Waals surface area (Å²) in [6, 6.07) is 10.6. The molecule has 204 valence electrons. The summed E-state index contributed by atoms with van der Waals surface area (Å²) in [6.07, 6.45) is 2.49. The maximum Gasteiger partial charge on any atom is 0.333 e. The summed E-state index contributed by atoms with van der Waals surface area (Å²) in [6.45, 7) is 6.02. The summed E-state index contributed by atoms with van der Waals surface area (Å²) >= 11 is 0. The zero-order valence-electron chi connectivity index (χ0n) is 21.9. The van der Waals surface area contributed by atoms with E-state index in [0.29, 0.717) is 78.2 Å². The number of morpholine rings is 1. The third-order valence-electron chi connectivity index (χ3n) is 7.38. The highest BCUT2D eigenvalue weighted by atomic mass is 16.5. The van der Waals surface area contributed by atoms with Crippen LogP contribution in [0, 0.1) is 0 Å². The molecule has 11 heteroatoms. The SMILES string of the molecule is COc1cc(-c2[nH]nc3c2C(=O)c2c(NC(=O)NN4CCOCC4)cccc2-3)ccc1OCCN1CCCC1. The lowest BCUT2D eigenvalue weighted by atomic mass is 10.0. The summed E-state index contributed by atoms with van der Waals surface area (Å²) in [7, 11) is 1.60. The summed E-state index contributed by atoms with van der Waals surface area (Å²) in [5, 5.41) is 12.1. The molecule has 2 aliphatic heterocycles. The summed E-state index contributed by atoms with van der Waals surface area (Å²) in [5.41, 5.74) is 6.74. The first-order valence-electron chi connectivity index (χ1n) is 13.3. The van der Waals surface area contributed by atoms with Gasteiger partial charge in [-0.25, -0.2) is 9.80 Å². The van der Waals surface area contributed by atoms with E-state index in [-0.39, 0.29) is 5.78 Å². The fourth-order valence-electron chi connectivity index (χ4n) is 5.39. The number of methoxy groups -OCH3 is 1. The van der Waals surface area contributed by atoms with Gasteiger partial charge in [0.1, 0.15) is 12.3 Å². The van der Waals surface area contributed by atoms with Gasteiger partial charge in [0, 0.05) is 30.8 Å². The van der Waals surface area contributed by atoms with E-state index in [1.165, 1.54) is 12.8 Å². The third kappa shape index (κ3) is 5.08. The molecule has 3 heterocycles. The Labute approximate surface area is 226 Å². The molecule has 0 bridgehead atoms. The second-order valence-corrected chi connectivity index (χ2v) is 9.81. The lowest BCUT2D eigenvalue weighted by molar-refractivity contribution is 0.0207. The molecule has 2 fully saturated rings. The van der Waals surface area contributed by atoms with Crippen molar-refractivity contribution in [1.29, 1.82) is 0 Å². The van der Waals surface area contributed by atoms with Crippen LogP contribution in [0.5, 0.6) is 11.5 Å². The smallest absolute Gasteiger partial charge is 0.333 e. The Bertz CT molecular complexity index is 1380. The van der Waals surface area contributed by atoms with Gasteiger partial charge in [-0.15, -0.1) is 0 Å². The van der Waals surface area contributed by atoms with Gasteiger partial charge in [0.2, 0.25) is 0 Å². The molecule has 1 aromatic heterocycles. The highest BCUT2D eigenvalue weighted by Gasteiger charge is 2.35. The number of anilines is 1. The lowest BCUT2D eigenvalue weighted by Gasteiger charge is -2.27. The Morgan fingerprint density at radius 2 is 1.90 bits per heavy atom. The predicted molar refractivity (Wildman–Crippen MR) is 145 cm³/mol. The number of aromatic amines is 1. The summed E-state index contributed by atoms with van der Waals surface area (Å²) in [5.74, 6) is 1.04. The molecule has 1 aliphatic carbocycles. The zero-order chi connectivity index (χ0) is 26.8. The van der Waals surface area contributed by atoms with Gasteiger partial charge in [0.15, 0.2) is 17.3 Å². The van der Waals surface area contributed by atoms with Crippen molar-refractivity contribution in [3.8, 4) is 34.0 Å². The van der Waals surface area contributed by atoms with Gasteiger partial charge >= 0.3 is 6.03 Å². The van der Waals surface area contributed by atoms with Crippen LogP contribution in [-0.2, 0) is 4.74 Å².